The molecule has 0 radical (unpaired) electrons. The first kappa shape index (κ1) is 21.9. The molecule has 0 spiro atoms. The third-order valence-corrected chi connectivity index (χ3v) is 8.00. The standard InChI is InChI=1S/C24H29ClNO2P/c1-4-7-14-23-21(11-5-2)22-16-15-20(25)17-24(22)29(27,28-6-3)26(23)18-19-12-9-8-10-13-19/h5,8-10,12-13,15-17H,2,4,6-7,11,14,18H2,1,3H3. The molecule has 1 heterocycles. The van der Waals surface area contributed by atoms with E-state index in [0.717, 1.165) is 36.1 Å². The molecule has 1 unspecified atom stereocenters. The fraction of sp³-hybridized carbons (Fsp3) is 0.333. The smallest absolute Gasteiger partial charge is 0.310 e. The minimum absolute atomic E-state index is 0.367. The summed E-state index contributed by atoms with van der Waals surface area (Å²) in [4.78, 5) is 0. The van der Waals surface area contributed by atoms with Gasteiger partial charge in [-0.05, 0) is 55.0 Å². The Kier molecular flexibility index (Phi) is 7.40. The molecule has 3 rings (SSSR count). The maximum absolute atomic E-state index is 14.5. The highest BCUT2D eigenvalue weighted by Crippen LogP contribution is 2.59. The lowest BCUT2D eigenvalue weighted by Gasteiger charge is -2.41. The van der Waals surface area contributed by atoms with E-state index in [4.69, 9.17) is 16.1 Å². The fourth-order valence-corrected chi connectivity index (χ4v) is 6.69. The fourth-order valence-electron chi connectivity index (χ4n) is 3.85. The number of hydrogen-bond acceptors (Lipinski definition) is 2. The van der Waals surface area contributed by atoms with Crippen molar-refractivity contribution in [3.8, 4) is 0 Å². The van der Waals surface area contributed by atoms with Crippen LogP contribution in [-0.2, 0) is 15.6 Å². The molecule has 3 nitrogen and oxygen atoms in total. The van der Waals surface area contributed by atoms with E-state index < -0.39 is 7.52 Å². The van der Waals surface area contributed by atoms with Crippen molar-refractivity contribution < 1.29 is 9.09 Å². The van der Waals surface area contributed by atoms with Crippen LogP contribution in [0.5, 0.6) is 0 Å². The number of benzene rings is 2. The predicted molar refractivity (Wildman–Crippen MR) is 124 cm³/mol. The van der Waals surface area contributed by atoms with E-state index in [9.17, 15) is 4.57 Å². The van der Waals surface area contributed by atoms with Crippen molar-refractivity contribution in [2.75, 3.05) is 6.61 Å². The van der Waals surface area contributed by atoms with E-state index in [-0.39, 0.29) is 0 Å². The summed E-state index contributed by atoms with van der Waals surface area (Å²) in [6.07, 6.45) is 5.57. The Morgan fingerprint density at radius 2 is 1.93 bits per heavy atom. The van der Waals surface area contributed by atoms with Crippen LogP contribution in [0.25, 0.3) is 5.57 Å². The number of allylic oxidation sites excluding steroid dienone is 3. The van der Waals surface area contributed by atoms with Crippen molar-refractivity contribution >= 4 is 30.0 Å². The van der Waals surface area contributed by atoms with Crippen LogP contribution in [-0.4, -0.2) is 11.3 Å². The van der Waals surface area contributed by atoms with E-state index in [1.807, 2.05) is 54.1 Å². The maximum atomic E-state index is 14.5. The third kappa shape index (κ3) is 4.53. The first-order chi connectivity index (χ1) is 14.0. The highest BCUT2D eigenvalue weighted by atomic mass is 35.5. The largest absolute Gasteiger partial charge is 0.327 e. The quantitative estimate of drug-likeness (QED) is 0.312. The molecule has 0 aliphatic carbocycles. The normalized spacial score (nSPS) is 18.7. The molecule has 0 saturated carbocycles. The maximum Gasteiger partial charge on any atom is 0.327 e. The Labute approximate surface area is 179 Å². The van der Waals surface area contributed by atoms with Gasteiger partial charge in [0.15, 0.2) is 0 Å². The van der Waals surface area contributed by atoms with Gasteiger partial charge in [0.2, 0.25) is 0 Å². The molecule has 154 valence electrons. The zero-order valence-electron chi connectivity index (χ0n) is 17.2. The molecule has 5 heteroatoms. The third-order valence-electron chi connectivity index (χ3n) is 5.16. The van der Waals surface area contributed by atoms with Gasteiger partial charge in [-0.1, -0.05) is 67.4 Å². The summed E-state index contributed by atoms with van der Waals surface area (Å²) in [6.45, 7) is 8.92. The van der Waals surface area contributed by atoms with Gasteiger partial charge in [-0.3, -0.25) is 9.24 Å². The molecule has 2 aromatic rings. The molecule has 2 aromatic carbocycles. The zero-order valence-corrected chi connectivity index (χ0v) is 18.9. The monoisotopic (exact) mass is 429 g/mol. The van der Waals surface area contributed by atoms with Gasteiger partial charge in [-0.2, -0.15) is 0 Å². The van der Waals surface area contributed by atoms with Gasteiger partial charge in [0.25, 0.3) is 0 Å². The molecule has 29 heavy (non-hydrogen) atoms. The molecule has 0 aromatic heterocycles. The molecule has 0 bridgehead atoms. The van der Waals surface area contributed by atoms with Crippen molar-refractivity contribution in [3.05, 3.63) is 83.0 Å². The molecular weight excluding hydrogens is 401 g/mol. The Hall–Kier alpha value is -1.80. The number of nitrogens with zero attached hydrogens (tertiary/aromatic N) is 1. The number of unbranched alkanes of at least 4 members (excludes halogenated alkanes) is 1. The van der Waals surface area contributed by atoms with Crippen LogP contribution in [0.4, 0.5) is 0 Å². The summed E-state index contributed by atoms with van der Waals surface area (Å²) < 4.78 is 22.5. The summed E-state index contributed by atoms with van der Waals surface area (Å²) in [6, 6.07) is 15.8. The first-order valence-corrected chi connectivity index (χ1v) is 12.2. The van der Waals surface area contributed by atoms with Gasteiger partial charge in [0.05, 0.1) is 18.5 Å². The van der Waals surface area contributed by atoms with Crippen LogP contribution in [0.1, 0.15) is 50.7 Å². The Morgan fingerprint density at radius 1 is 1.17 bits per heavy atom. The Balaban J connectivity index is 2.25. The van der Waals surface area contributed by atoms with Crippen LogP contribution in [0.3, 0.4) is 0 Å². The number of hydrogen-bond donors (Lipinski definition) is 0. The molecule has 0 N–H and O–H groups in total. The second-order valence-corrected chi connectivity index (χ2v) is 9.86. The summed E-state index contributed by atoms with van der Waals surface area (Å²) in [5.41, 5.74) is 4.34. The molecular formula is C24H29ClNO2P. The average molecular weight is 430 g/mol. The zero-order chi connectivity index (χ0) is 20.9. The van der Waals surface area contributed by atoms with Crippen molar-refractivity contribution in [2.45, 2.75) is 46.1 Å². The lowest BCUT2D eigenvalue weighted by Crippen LogP contribution is -2.33. The summed E-state index contributed by atoms with van der Waals surface area (Å²) in [5.74, 6) is 0. The molecule has 0 amide bonds. The Bertz CT molecular complexity index is 939. The van der Waals surface area contributed by atoms with Gasteiger partial charge < -0.3 is 4.52 Å². The molecule has 0 saturated heterocycles. The summed E-state index contributed by atoms with van der Waals surface area (Å²) >= 11 is 6.33. The van der Waals surface area contributed by atoms with Gasteiger partial charge >= 0.3 is 7.52 Å². The number of fused-ring (bicyclic) bond motifs is 1. The van der Waals surface area contributed by atoms with Crippen LogP contribution >= 0.6 is 19.1 Å². The van der Waals surface area contributed by atoms with Crippen molar-refractivity contribution in [2.24, 2.45) is 0 Å². The number of halogens is 1. The van der Waals surface area contributed by atoms with E-state index in [2.05, 4.69) is 25.6 Å². The molecule has 1 atom stereocenters. The van der Waals surface area contributed by atoms with Gasteiger partial charge in [0, 0.05) is 10.7 Å². The van der Waals surface area contributed by atoms with Crippen molar-refractivity contribution in [1.29, 1.82) is 0 Å². The minimum atomic E-state index is -3.31. The summed E-state index contributed by atoms with van der Waals surface area (Å²) in [5, 5.41) is 1.26. The molecule has 0 fully saturated rings. The number of rotatable bonds is 9. The van der Waals surface area contributed by atoms with E-state index in [0.29, 0.717) is 29.9 Å². The highest BCUT2D eigenvalue weighted by Gasteiger charge is 2.42. The SMILES string of the molecule is C=CCC1=C(CCCC)N(Cc2ccccc2)P(=O)(OCC)c2cc(Cl)ccc21. The van der Waals surface area contributed by atoms with Gasteiger partial charge in [-0.25, -0.2) is 0 Å². The van der Waals surface area contributed by atoms with Crippen LogP contribution in [0, 0.1) is 0 Å². The lowest BCUT2D eigenvalue weighted by molar-refractivity contribution is 0.291. The highest BCUT2D eigenvalue weighted by molar-refractivity contribution is 7.65. The topological polar surface area (TPSA) is 29.5 Å². The minimum Gasteiger partial charge on any atom is -0.310 e. The van der Waals surface area contributed by atoms with E-state index in [1.54, 1.807) is 0 Å². The summed E-state index contributed by atoms with van der Waals surface area (Å²) in [7, 11) is -3.31. The molecule has 1 aliphatic rings. The molecule has 1 aliphatic heterocycles. The van der Waals surface area contributed by atoms with E-state index >= 15 is 0 Å². The van der Waals surface area contributed by atoms with Crippen molar-refractivity contribution in [1.82, 2.24) is 4.67 Å². The Morgan fingerprint density at radius 3 is 2.59 bits per heavy atom. The van der Waals surface area contributed by atoms with Gasteiger partial charge in [-0.15, -0.1) is 6.58 Å². The predicted octanol–water partition coefficient (Wildman–Crippen LogP) is 7.19. The first-order valence-electron chi connectivity index (χ1n) is 10.2. The lowest BCUT2D eigenvalue weighted by atomic mass is 9.97. The van der Waals surface area contributed by atoms with E-state index in [1.165, 1.54) is 5.57 Å². The van der Waals surface area contributed by atoms with Crippen LogP contribution in [0.2, 0.25) is 5.02 Å². The second kappa shape index (κ2) is 9.80. The van der Waals surface area contributed by atoms with Crippen molar-refractivity contribution in [3.63, 3.8) is 0 Å². The van der Waals surface area contributed by atoms with Crippen LogP contribution < -0.4 is 5.30 Å². The average Bonchev–Trinajstić information content (AvgIpc) is 2.72. The van der Waals surface area contributed by atoms with Crippen LogP contribution in [0.15, 0.2) is 66.9 Å². The second-order valence-electron chi connectivity index (χ2n) is 7.16. The van der Waals surface area contributed by atoms with Gasteiger partial charge in [0.1, 0.15) is 0 Å².